The third kappa shape index (κ3) is 1.62. The minimum absolute atomic E-state index is 0.228. The Labute approximate surface area is 103 Å². The molecule has 0 amide bonds. The zero-order valence-electron chi connectivity index (χ0n) is 9.25. The second-order valence-corrected chi connectivity index (χ2v) is 4.83. The first-order chi connectivity index (χ1) is 8.16. The molecular weight excluding hydrogens is 238 g/mol. The Balaban J connectivity index is 2.43. The van der Waals surface area contributed by atoms with Crippen molar-refractivity contribution >= 4 is 28.3 Å². The van der Waals surface area contributed by atoms with Gasteiger partial charge in [-0.05, 0) is 37.3 Å². The van der Waals surface area contributed by atoms with E-state index < -0.39 is 0 Å². The van der Waals surface area contributed by atoms with Crippen molar-refractivity contribution in [3.63, 3.8) is 0 Å². The highest BCUT2D eigenvalue weighted by atomic mass is 35.5. The first-order valence-corrected chi connectivity index (χ1v) is 6.08. The average Bonchev–Trinajstić information content (AvgIpc) is 2.32. The van der Waals surface area contributed by atoms with Crippen molar-refractivity contribution in [2.75, 3.05) is 5.73 Å². The van der Waals surface area contributed by atoms with Crippen molar-refractivity contribution in [3.8, 4) is 0 Å². The van der Waals surface area contributed by atoms with Crippen LogP contribution in [0.5, 0.6) is 0 Å². The monoisotopic (exact) mass is 249 g/mol. The van der Waals surface area contributed by atoms with Gasteiger partial charge in [0.1, 0.15) is 5.58 Å². The summed E-state index contributed by atoms with van der Waals surface area (Å²) < 4.78 is 5.30. The molecule has 1 aliphatic rings. The molecule has 3 nitrogen and oxygen atoms in total. The van der Waals surface area contributed by atoms with Crippen LogP contribution in [-0.4, -0.2) is 0 Å². The van der Waals surface area contributed by atoms with Gasteiger partial charge in [0.05, 0.1) is 10.7 Å². The molecule has 0 saturated heterocycles. The van der Waals surface area contributed by atoms with Gasteiger partial charge in [-0.15, -0.1) is 0 Å². The Morgan fingerprint density at radius 1 is 1.18 bits per heavy atom. The van der Waals surface area contributed by atoms with Gasteiger partial charge >= 0.3 is 5.63 Å². The summed E-state index contributed by atoms with van der Waals surface area (Å²) in [5, 5.41) is 1.44. The Morgan fingerprint density at radius 2 is 1.88 bits per heavy atom. The number of anilines is 1. The summed E-state index contributed by atoms with van der Waals surface area (Å²) in [7, 11) is 0. The minimum Gasteiger partial charge on any atom is -0.422 e. The summed E-state index contributed by atoms with van der Waals surface area (Å²) in [5.41, 5.74) is 8.37. The molecule has 1 heterocycles. The molecule has 0 atom stereocenters. The van der Waals surface area contributed by atoms with Gasteiger partial charge in [0.25, 0.3) is 0 Å². The van der Waals surface area contributed by atoms with Crippen molar-refractivity contribution in [1.29, 1.82) is 0 Å². The van der Waals surface area contributed by atoms with Gasteiger partial charge in [0.15, 0.2) is 0 Å². The highest BCUT2D eigenvalue weighted by Crippen LogP contribution is 2.31. The van der Waals surface area contributed by atoms with Crippen LogP contribution in [-0.2, 0) is 12.8 Å². The van der Waals surface area contributed by atoms with Crippen LogP contribution in [0.2, 0.25) is 5.02 Å². The van der Waals surface area contributed by atoms with Crippen molar-refractivity contribution < 1.29 is 4.42 Å². The smallest absolute Gasteiger partial charge is 0.339 e. The molecule has 0 radical (unpaired) electrons. The molecular formula is C13H12ClNO2. The lowest BCUT2D eigenvalue weighted by atomic mass is 9.90. The Bertz CT molecular complexity index is 660. The molecule has 2 aromatic rings. The van der Waals surface area contributed by atoms with E-state index in [4.69, 9.17) is 21.8 Å². The van der Waals surface area contributed by atoms with Crippen LogP contribution in [0, 0.1) is 0 Å². The maximum Gasteiger partial charge on any atom is 0.339 e. The molecule has 17 heavy (non-hydrogen) atoms. The van der Waals surface area contributed by atoms with Crippen LogP contribution >= 0.6 is 11.6 Å². The lowest BCUT2D eigenvalue weighted by molar-refractivity contribution is 0.534. The molecule has 4 heteroatoms. The second-order valence-electron chi connectivity index (χ2n) is 4.42. The first kappa shape index (κ1) is 10.7. The quantitative estimate of drug-likeness (QED) is 0.577. The Hall–Kier alpha value is -1.48. The predicted molar refractivity (Wildman–Crippen MR) is 68.5 cm³/mol. The van der Waals surface area contributed by atoms with E-state index in [1.54, 1.807) is 12.1 Å². The SMILES string of the molecule is Nc1cc2oc(=O)c3c(c2cc1Cl)CCCC3. The summed E-state index contributed by atoms with van der Waals surface area (Å²) >= 11 is 6.03. The van der Waals surface area contributed by atoms with Crippen LogP contribution in [0.25, 0.3) is 11.0 Å². The molecule has 0 unspecified atom stereocenters. The highest BCUT2D eigenvalue weighted by molar-refractivity contribution is 6.33. The van der Waals surface area contributed by atoms with Gasteiger partial charge in [-0.1, -0.05) is 11.6 Å². The van der Waals surface area contributed by atoms with Crippen molar-refractivity contribution in [2.45, 2.75) is 25.7 Å². The number of hydrogen-bond acceptors (Lipinski definition) is 3. The molecule has 0 spiro atoms. The molecule has 3 rings (SSSR count). The highest BCUT2D eigenvalue weighted by Gasteiger charge is 2.18. The molecule has 0 fully saturated rings. The van der Waals surface area contributed by atoms with E-state index in [-0.39, 0.29) is 5.63 Å². The molecule has 0 saturated carbocycles. The molecule has 1 aromatic heterocycles. The number of aryl methyl sites for hydroxylation is 1. The summed E-state index contributed by atoms with van der Waals surface area (Å²) in [4.78, 5) is 11.8. The summed E-state index contributed by atoms with van der Waals surface area (Å²) in [6.45, 7) is 0. The maximum atomic E-state index is 11.8. The van der Waals surface area contributed by atoms with Crippen LogP contribution in [0.4, 0.5) is 5.69 Å². The number of nitrogens with two attached hydrogens (primary N) is 1. The topological polar surface area (TPSA) is 56.2 Å². The first-order valence-electron chi connectivity index (χ1n) is 5.70. The van der Waals surface area contributed by atoms with E-state index in [2.05, 4.69) is 0 Å². The molecule has 0 aliphatic heterocycles. The van der Waals surface area contributed by atoms with E-state index in [1.165, 1.54) is 0 Å². The molecule has 0 bridgehead atoms. The predicted octanol–water partition coefficient (Wildman–Crippen LogP) is 2.91. The number of hydrogen-bond donors (Lipinski definition) is 1. The third-order valence-electron chi connectivity index (χ3n) is 3.34. The van der Waals surface area contributed by atoms with Crippen molar-refractivity contribution in [3.05, 3.63) is 38.7 Å². The fraction of sp³-hybridized carbons (Fsp3) is 0.308. The van der Waals surface area contributed by atoms with E-state index in [9.17, 15) is 4.79 Å². The fourth-order valence-electron chi connectivity index (χ4n) is 2.48. The largest absolute Gasteiger partial charge is 0.422 e. The van der Waals surface area contributed by atoms with E-state index >= 15 is 0 Å². The van der Waals surface area contributed by atoms with E-state index in [0.717, 1.165) is 42.2 Å². The zero-order chi connectivity index (χ0) is 12.0. The standard InChI is InChI=1S/C13H12ClNO2/c14-10-5-9-7-3-1-2-4-8(7)13(16)17-12(9)6-11(10)15/h5-6H,1-4,15H2. The molecule has 88 valence electrons. The van der Waals surface area contributed by atoms with Gasteiger partial charge in [0, 0.05) is 17.0 Å². The molecule has 2 N–H and O–H groups in total. The lowest BCUT2D eigenvalue weighted by Crippen LogP contribution is -2.15. The minimum atomic E-state index is -0.228. The summed E-state index contributed by atoms with van der Waals surface area (Å²) in [5.74, 6) is 0. The Kier molecular flexibility index (Phi) is 2.37. The van der Waals surface area contributed by atoms with Crippen molar-refractivity contribution in [1.82, 2.24) is 0 Å². The number of halogens is 1. The number of fused-ring (bicyclic) bond motifs is 3. The lowest BCUT2D eigenvalue weighted by Gasteiger charge is -2.16. The van der Waals surface area contributed by atoms with E-state index in [0.29, 0.717) is 16.3 Å². The second kappa shape index (κ2) is 3.77. The van der Waals surface area contributed by atoms with Crippen LogP contribution in [0.3, 0.4) is 0 Å². The van der Waals surface area contributed by atoms with Crippen LogP contribution in [0.15, 0.2) is 21.3 Å². The normalized spacial score (nSPS) is 14.9. The fourth-order valence-corrected chi connectivity index (χ4v) is 2.64. The molecule has 1 aliphatic carbocycles. The molecule has 1 aromatic carbocycles. The van der Waals surface area contributed by atoms with Gasteiger partial charge in [-0.25, -0.2) is 4.79 Å². The number of benzene rings is 1. The Morgan fingerprint density at radius 3 is 2.65 bits per heavy atom. The summed E-state index contributed by atoms with van der Waals surface area (Å²) in [6, 6.07) is 3.44. The van der Waals surface area contributed by atoms with Gasteiger partial charge in [-0.2, -0.15) is 0 Å². The summed E-state index contributed by atoms with van der Waals surface area (Å²) in [6.07, 6.45) is 3.87. The van der Waals surface area contributed by atoms with Gasteiger partial charge < -0.3 is 10.2 Å². The van der Waals surface area contributed by atoms with Gasteiger partial charge in [-0.3, -0.25) is 0 Å². The zero-order valence-corrected chi connectivity index (χ0v) is 10.0. The van der Waals surface area contributed by atoms with Crippen LogP contribution < -0.4 is 11.4 Å². The third-order valence-corrected chi connectivity index (χ3v) is 3.67. The van der Waals surface area contributed by atoms with E-state index in [1.807, 2.05) is 0 Å². The maximum absolute atomic E-state index is 11.8. The number of nitrogen functional groups attached to an aromatic ring is 1. The van der Waals surface area contributed by atoms with Crippen LogP contribution in [0.1, 0.15) is 24.0 Å². The average molecular weight is 250 g/mol. The van der Waals surface area contributed by atoms with Crippen molar-refractivity contribution in [2.24, 2.45) is 0 Å². The van der Waals surface area contributed by atoms with Gasteiger partial charge in [0.2, 0.25) is 0 Å². The number of rotatable bonds is 0.